The normalized spacial score (nSPS) is 9.87. The molecule has 0 aliphatic carbocycles. The SMILES string of the molecule is COc1cccc(-c2ccc(OCc3c(C)cccc3N(C)N)nc2C)c1.NNC=O. The van der Waals surface area contributed by atoms with Crippen LogP contribution in [0.4, 0.5) is 5.69 Å². The number of carbonyl (C=O) groups is 1. The number of amides is 1. The molecule has 0 saturated carbocycles. The Bertz CT molecular complexity index is 1010. The van der Waals surface area contributed by atoms with Gasteiger partial charge in [0, 0.05) is 29.9 Å². The second-order valence-electron chi connectivity index (χ2n) is 6.77. The third-order valence-corrected chi connectivity index (χ3v) is 4.64. The molecular formula is C23H29N5O3. The molecule has 1 aromatic heterocycles. The van der Waals surface area contributed by atoms with Crippen LogP contribution >= 0.6 is 0 Å². The maximum Gasteiger partial charge on any atom is 0.221 e. The van der Waals surface area contributed by atoms with Crippen molar-refractivity contribution in [2.24, 2.45) is 11.7 Å². The quantitative estimate of drug-likeness (QED) is 0.232. The van der Waals surface area contributed by atoms with Gasteiger partial charge in [0.15, 0.2) is 0 Å². The average molecular weight is 424 g/mol. The fraction of sp³-hybridized carbons (Fsp3) is 0.217. The zero-order valence-corrected chi connectivity index (χ0v) is 18.3. The number of nitrogens with two attached hydrogens (primary N) is 2. The van der Waals surface area contributed by atoms with Crippen LogP contribution in [0, 0.1) is 13.8 Å². The van der Waals surface area contributed by atoms with E-state index >= 15 is 0 Å². The Morgan fingerprint density at radius 3 is 2.45 bits per heavy atom. The van der Waals surface area contributed by atoms with Crippen molar-refractivity contribution in [1.82, 2.24) is 10.4 Å². The van der Waals surface area contributed by atoms with Gasteiger partial charge in [0.05, 0.1) is 12.8 Å². The number of nitrogens with one attached hydrogen (secondary N) is 1. The van der Waals surface area contributed by atoms with E-state index in [1.54, 1.807) is 17.5 Å². The predicted molar refractivity (Wildman–Crippen MR) is 122 cm³/mol. The molecule has 0 fully saturated rings. The first kappa shape index (κ1) is 23.7. The van der Waals surface area contributed by atoms with E-state index in [0.29, 0.717) is 18.9 Å². The molecule has 8 heteroatoms. The summed E-state index contributed by atoms with van der Waals surface area (Å²) in [5.41, 5.74) is 7.91. The molecule has 0 aliphatic heterocycles. The summed E-state index contributed by atoms with van der Waals surface area (Å²) in [5, 5.41) is 1.61. The second-order valence-corrected chi connectivity index (χ2v) is 6.77. The van der Waals surface area contributed by atoms with Gasteiger partial charge in [0.2, 0.25) is 12.3 Å². The number of anilines is 1. The number of hydrazine groups is 2. The van der Waals surface area contributed by atoms with Crippen LogP contribution in [-0.2, 0) is 11.4 Å². The van der Waals surface area contributed by atoms with Crippen molar-refractivity contribution >= 4 is 12.1 Å². The molecule has 0 bridgehead atoms. The van der Waals surface area contributed by atoms with Crippen LogP contribution in [0.15, 0.2) is 54.6 Å². The van der Waals surface area contributed by atoms with Gasteiger partial charge in [-0.1, -0.05) is 24.3 Å². The molecule has 31 heavy (non-hydrogen) atoms. The monoisotopic (exact) mass is 423 g/mol. The number of ether oxygens (including phenoxy) is 2. The highest BCUT2D eigenvalue weighted by Gasteiger charge is 2.11. The maximum atomic E-state index is 8.94. The van der Waals surface area contributed by atoms with E-state index in [0.717, 1.165) is 39.4 Å². The average Bonchev–Trinajstić information content (AvgIpc) is 2.78. The number of carbonyl (C=O) groups excluding carboxylic acids is 1. The fourth-order valence-corrected chi connectivity index (χ4v) is 3.07. The summed E-state index contributed by atoms with van der Waals surface area (Å²) in [7, 11) is 3.49. The molecule has 0 spiro atoms. The van der Waals surface area contributed by atoms with E-state index in [9.17, 15) is 0 Å². The van der Waals surface area contributed by atoms with Crippen molar-refractivity contribution in [3.05, 3.63) is 71.4 Å². The van der Waals surface area contributed by atoms with Gasteiger partial charge < -0.3 is 14.5 Å². The van der Waals surface area contributed by atoms with E-state index in [-0.39, 0.29) is 0 Å². The van der Waals surface area contributed by atoms with Crippen molar-refractivity contribution in [3.63, 3.8) is 0 Å². The molecule has 2 aromatic carbocycles. The van der Waals surface area contributed by atoms with E-state index in [2.05, 4.69) is 23.8 Å². The summed E-state index contributed by atoms with van der Waals surface area (Å²) in [4.78, 5) is 13.6. The minimum Gasteiger partial charge on any atom is -0.497 e. The molecule has 0 aliphatic rings. The number of nitrogens with zero attached hydrogens (tertiary/aromatic N) is 2. The number of methoxy groups -OCH3 is 1. The lowest BCUT2D eigenvalue weighted by Gasteiger charge is -2.19. The Morgan fingerprint density at radius 1 is 1.13 bits per heavy atom. The molecule has 3 rings (SSSR count). The molecule has 0 radical (unpaired) electrons. The standard InChI is InChI=1S/C22H25N3O2.CH4N2O/c1-15-7-5-10-21(25(3)23)20(15)14-27-22-12-11-19(16(2)24-22)17-8-6-9-18(13-17)26-4;2-3-1-4/h5-13H,14,23H2,1-4H3;1H,2H2,(H,3,4). The van der Waals surface area contributed by atoms with Gasteiger partial charge in [-0.15, -0.1) is 0 Å². The van der Waals surface area contributed by atoms with Crippen molar-refractivity contribution in [1.29, 1.82) is 0 Å². The summed E-state index contributed by atoms with van der Waals surface area (Å²) in [6.07, 6.45) is 0.403. The molecule has 5 N–H and O–H groups in total. The third-order valence-electron chi connectivity index (χ3n) is 4.64. The molecule has 3 aromatic rings. The van der Waals surface area contributed by atoms with Gasteiger partial charge in [-0.2, -0.15) is 0 Å². The third kappa shape index (κ3) is 6.43. The molecule has 0 atom stereocenters. The number of hydrogen-bond donors (Lipinski definition) is 3. The van der Waals surface area contributed by atoms with Crippen LogP contribution in [0.2, 0.25) is 0 Å². The Morgan fingerprint density at radius 2 is 1.84 bits per heavy atom. The van der Waals surface area contributed by atoms with Crippen molar-refractivity contribution < 1.29 is 14.3 Å². The molecule has 1 heterocycles. The van der Waals surface area contributed by atoms with Gasteiger partial charge in [-0.05, 0) is 49.2 Å². The number of pyridine rings is 1. The lowest BCUT2D eigenvalue weighted by molar-refractivity contribution is -0.109. The van der Waals surface area contributed by atoms with Gasteiger partial charge >= 0.3 is 0 Å². The smallest absolute Gasteiger partial charge is 0.221 e. The number of aryl methyl sites for hydroxylation is 2. The number of aromatic nitrogens is 1. The molecule has 0 unspecified atom stereocenters. The summed E-state index contributed by atoms with van der Waals surface area (Å²) in [6, 6.07) is 17.9. The van der Waals surface area contributed by atoms with Crippen molar-refractivity contribution in [2.75, 3.05) is 19.2 Å². The minimum atomic E-state index is 0.403. The zero-order valence-electron chi connectivity index (χ0n) is 18.3. The van der Waals surface area contributed by atoms with Crippen molar-refractivity contribution in [3.8, 4) is 22.8 Å². The van der Waals surface area contributed by atoms with Crippen LogP contribution < -0.4 is 31.6 Å². The highest BCUT2D eigenvalue weighted by Crippen LogP contribution is 2.28. The van der Waals surface area contributed by atoms with E-state index in [1.165, 1.54) is 0 Å². The van der Waals surface area contributed by atoms with E-state index in [4.69, 9.17) is 20.1 Å². The first-order valence-corrected chi connectivity index (χ1v) is 9.62. The van der Waals surface area contributed by atoms with Crippen LogP contribution in [0.25, 0.3) is 11.1 Å². The van der Waals surface area contributed by atoms with Gasteiger partial charge in [0.25, 0.3) is 0 Å². The largest absolute Gasteiger partial charge is 0.497 e. The number of hydrogen-bond acceptors (Lipinski definition) is 7. The Hall–Kier alpha value is -3.62. The molecule has 8 nitrogen and oxygen atoms in total. The topological polar surface area (TPSA) is 116 Å². The van der Waals surface area contributed by atoms with Crippen LogP contribution in [0.5, 0.6) is 11.6 Å². The second kappa shape index (κ2) is 11.5. The summed E-state index contributed by atoms with van der Waals surface area (Å²) in [5.74, 6) is 11.8. The maximum absolute atomic E-state index is 8.94. The molecule has 1 amide bonds. The minimum absolute atomic E-state index is 0.403. The summed E-state index contributed by atoms with van der Waals surface area (Å²) < 4.78 is 11.3. The van der Waals surface area contributed by atoms with Crippen LogP contribution in [-0.4, -0.2) is 25.6 Å². The molecule has 164 valence electrons. The Balaban J connectivity index is 0.000000785. The first-order chi connectivity index (χ1) is 14.9. The lowest BCUT2D eigenvalue weighted by Crippen LogP contribution is -2.26. The Kier molecular flexibility index (Phi) is 8.80. The van der Waals surface area contributed by atoms with Gasteiger partial charge in [0.1, 0.15) is 12.4 Å². The van der Waals surface area contributed by atoms with Gasteiger partial charge in [-0.3, -0.25) is 10.2 Å². The van der Waals surface area contributed by atoms with Gasteiger partial charge in [-0.25, -0.2) is 16.7 Å². The van der Waals surface area contributed by atoms with E-state index in [1.807, 2.05) is 62.5 Å². The summed E-state index contributed by atoms with van der Waals surface area (Å²) in [6.45, 7) is 4.44. The Labute approximate surface area is 182 Å². The highest BCUT2D eigenvalue weighted by molar-refractivity contribution is 5.67. The number of benzene rings is 2. The summed E-state index contributed by atoms with van der Waals surface area (Å²) >= 11 is 0. The number of rotatable bonds is 7. The van der Waals surface area contributed by atoms with Crippen LogP contribution in [0.3, 0.4) is 0 Å². The molecule has 0 saturated heterocycles. The van der Waals surface area contributed by atoms with E-state index < -0.39 is 0 Å². The van der Waals surface area contributed by atoms with Crippen LogP contribution in [0.1, 0.15) is 16.8 Å². The van der Waals surface area contributed by atoms with Crippen molar-refractivity contribution in [2.45, 2.75) is 20.5 Å². The highest BCUT2D eigenvalue weighted by atomic mass is 16.5. The fourth-order valence-electron chi connectivity index (χ4n) is 3.07. The molecular weight excluding hydrogens is 394 g/mol. The predicted octanol–water partition coefficient (Wildman–Crippen LogP) is 2.87. The lowest BCUT2D eigenvalue weighted by atomic mass is 10.0. The zero-order chi connectivity index (χ0) is 22.8. The first-order valence-electron chi connectivity index (χ1n) is 9.62.